The molecule has 14 heavy (non-hydrogen) atoms. The van der Waals surface area contributed by atoms with Gasteiger partial charge in [0, 0.05) is 10.5 Å². The fourth-order valence-corrected chi connectivity index (χ4v) is 1.16. The van der Waals surface area contributed by atoms with Crippen LogP contribution in [0.3, 0.4) is 0 Å². The second-order valence-electron chi connectivity index (χ2n) is 2.59. The Balaban J connectivity index is 0.00000169. The first-order valence-electron chi connectivity index (χ1n) is 3.59. The minimum atomic E-state index is -1.08. The Kier molecular flexibility index (Phi) is 5.44. The zero-order valence-corrected chi connectivity index (χ0v) is 10.8. The van der Waals surface area contributed by atoms with Gasteiger partial charge in [0.05, 0.1) is 5.56 Å². The van der Waals surface area contributed by atoms with Crippen molar-refractivity contribution in [3.63, 3.8) is 0 Å². The molecule has 0 heterocycles. The van der Waals surface area contributed by atoms with Gasteiger partial charge in [0.25, 0.3) is 0 Å². The summed E-state index contributed by atoms with van der Waals surface area (Å²) in [7, 11) is 0. The Labute approximate surface area is 109 Å². The molecule has 0 aromatic heterocycles. The van der Waals surface area contributed by atoms with Crippen LogP contribution in [0, 0.1) is 0 Å². The maximum Gasteiger partial charge on any atom is 1.00 e. The Morgan fingerprint density at radius 3 is 2.36 bits per heavy atom. The van der Waals surface area contributed by atoms with Gasteiger partial charge >= 0.3 is 35.5 Å². The summed E-state index contributed by atoms with van der Waals surface area (Å²) in [5.41, 5.74) is 0.436. The number of aromatic carboxylic acids is 1. The van der Waals surface area contributed by atoms with E-state index in [0.717, 1.165) is 0 Å². The average molecular weight is 219 g/mol. The van der Waals surface area contributed by atoms with Gasteiger partial charge in [0.15, 0.2) is 5.78 Å². The van der Waals surface area contributed by atoms with E-state index in [1.807, 2.05) is 0 Å². The van der Waals surface area contributed by atoms with Gasteiger partial charge in [-0.05, 0) is 19.1 Å². The van der Waals surface area contributed by atoms with E-state index >= 15 is 0 Å². The van der Waals surface area contributed by atoms with Gasteiger partial charge in [-0.15, -0.1) is 12.6 Å². The normalized spacial score (nSPS) is 9.00. The topological polar surface area (TPSA) is 54.4 Å². The summed E-state index contributed by atoms with van der Waals surface area (Å²) in [6.07, 6.45) is 0. The minimum absolute atomic E-state index is 0. The van der Waals surface area contributed by atoms with Gasteiger partial charge < -0.3 is 5.11 Å². The van der Waals surface area contributed by atoms with E-state index in [4.69, 9.17) is 5.11 Å². The first-order valence-corrected chi connectivity index (χ1v) is 4.04. The van der Waals surface area contributed by atoms with Crippen LogP contribution in [0.4, 0.5) is 0 Å². The predicted octanol–water partition coefficient (Wildman–Crippen LogP) is -1.12. The van der Waals surface area contributed by atoms with Crippen molar-refractivity contribution in [2.24, 2.45) is 0 Å². The summed E-state index contributed by atoms with van der Waals surface area (Å²) in [5, 5.41) is 8.71. The molecule has 0 amide bonds. The Hall–Kier alpha value is -0.290. The van der Waals surface area contributed by atoms with Crippen LogP contribution >= 0.6 is 12.6 Å². The summed E-state index contributed by atoms with van der Waals surface area (Å²) >= 11 is 3.96. The third-order valence-electron chi connectivity index (χ3n) is 1.63. The second kappa shape index (κ2) is 5.56. The van der Waals surface area contributed by atoms with Crippen LogP contribution in [-0.4, -0.2) is 16.9 Å². The van der Waals surface area contributed by atoms with Crippen molar-refractivity contribution in [2.75, 3.05) is 0 Å². The number of hydrogen-bond donors (Lipinski definition) is 2. The van der Waals surface area contributed by atoms with Gasteiger partial charge in [-0.1, -0.05) is 6.07 Å². The molecule has 1 aromatic carbocycles. The van der Waals surface area contributed by atoms with Crippen LogP contribution in [-0.2, 0) is 0 Å². The number of carboxylic acid groups (broad SMARTS) is 1. The Morgan fingerprint density at radius 1 is 1.36 bits per heavy atom. The molecule has 0 atom stereocenters. The van der Waals surface area contributed by atoms with Crippen molar-refractivity contribution in [3.8, 4) is 0 Å². The zero-order valence-electron chi connectivity index (χ0n) is 7.94. The van der Waals surface area contributed by atoms with Crippen LogP contribution < -0.4 is 29.6 Å². The maximum absolute atomic E-state index is 10.9. The third-order valence-corrected chi connectivity index (χ3v) is 2.02. The molecule has 1 N–H and O–H groups in total. The van der Waals surface area contributed by atoms with E-state index in [2.05, 4.69) is 12.6 Å². The molecule has 0 radical (unpaired) electrons. The van der Waals surface area contributed by atoms with Crippen molar-refractivity contribution in [1.29, 1.82) is 0 Å². The van der Waals surface area contributed by atoms with Crippen LogP contribution in [0.2, 0.25) is 0 Å². The van der Waals surface area contributed by atoms with Gasteiger partial charge in [-0.2, -0.15) is 0 Å². The second-order valence-corrected chi connectivity index (χ2v) is 3.08. The van der Waals surface area contributed by atoms with Gasteiger partial charge in [-0.3, -0.25) is 4.79 Å². The van der Waals surface area contributed by atoms with Crippen LogP contribution in [0.1, 0.15) is 27.6 Å². The SMILES string of the molecule is CC(=O)c1ccc(S)c(C(=O)O)c1.[Na+]. The summed E-state index contributed by atoms with van der Waals surface area (Å²) in [6, 6.07) is 4.38. The maximum atomic E-state index is 10.9. The molecule has 1 aromatic rings. The molecule has 0 aliphatic carbocycles. The van der Waals surface area contributed by atoms with E-state index in [0.29, 0.717) is 10.5 Å². The molecule has 1 rings (SSSR count). The molecule has 3 nitrogen and oxygen atoms in total. The number of carbonyl (C=O) groups is 2. The molecule has 0 saturated carbocycles. The number of ketones is 1. The molecule has 0 aliphatic rings. The fourth-order valence-electron chi connectivity index (χ4n) is 0.926. The van der Waals surface area contributed by atoms with Crippen molar-refractivity contribution >= 4 is 24.4 Å². The molecule has 5 heteroatoms. The molecule has 0 unspecified atom stereocenters. The van der Waals surface area contributed by atoms with Gasteiger partial charge in [0.2, 0.25) is 0 Å². The molecule has 0 fully saturated rings. The molecular formula is C9H8NaO3S+. The number of thiol groups is 1. The molecule has 0 saturated heterocycles. The van der Waals surface area contributed by atoms with E-state index in [9.17, 15) is 9.59 Å². The zero-order chi connectivity index (χ0) is 10.0. The first-order chi connectivity index (χ1) is 6.02. The quantitative estimate of drug-likeness (QED) is 0.376. The first kappa shape index (κ1) is 13.7. The van der Waals surface area contributed by atoms with E-state index < -0.39 is 5.97 Å². The van der Waals surface area contributed by atoms with Gasteiger partial charge in [0.1, 0.15) is 0 Å². The third kappa shape index (κ3) is 3.13. The molecule has 0 bridgehead atoms. The average Bonchev–Trinajstić information content (AvgIpc) is 2.04. The standard InChI is InChI=1S/C9H8O3S.Na/c1-5(10)6-2-3-8(13)7(4-6)9(11)12;/h2-4,13H,1H3,(H,11,12);/q;+1. The number of Topliss-reactive ketones (excluding diaryl/α,β-unsaturated/α-hetero) is 1. The molecule has 68 valence electrons. The molecule has 0 aliphatic heterocycles. The summed E-state index contributed by atoms with van der Waals surface area (Å²) in [6.45, 7) is 1.39. The van der Waals surface area contributed by atoms with E-state index in [1.54, 1.807) is 6.07 Å². The van der Waals surface area contributed by atoms with Gasteiger partial charge in [-0.25, -0.2) is 4.79 Å². The number of hydrogen-bond acceptors (Lipinski definition) is 3. The Bertz CT molecular complexity index is 376. The predicted molar refractivity (Wildman–Crippen MR) is 50.7 cm³/mol. The molecular weight excluding hydrogens is 211 g/mol. The fraction of sp³-hybridized carbons (Fsp3) is 0.111. The summed E-state index contributed by atoms with van der Waals surface area (Å²) < 4.78 is 0. The Morgan fingerprint density at radius 2 is 1.93 bits per heavy atom. The number of benzene rings is 1. The summed E-state index contributed by atoms with van der Waals surface area (Å²) in [5.74, 6) is -1.23. The summed E-state index contributed by atoms with van der Waals surface area (Å²) in [4.78, 5) is 21.9. The number of rotatable bonds is 2. The number of carboxylic acids is 1. The largest absolute Gasteiger partial charge is 1.00 e. The van der Waals surface area contributed by atoms with Crippen molar-refractivity contribution in [1.82, 2.24) is 0 Å². The van der Waals surface area contributed by atoms with Crippen molar-refractivity contribution in [2.45, 2.75) is 11.8 Å². The smallest absolute Gasteiger partial charge is 0.478 e. The van der Waals surface area contributed by atoms with Crippen LogP contribution in [0.25, 0.3) is 0 Å². The number of carbonyl (C=O) groups excluding carboxylic acids is 1. The minimum Gasteiger partial charge on any atom is -0.478 e. The van der Waals surface area contributed by atoms with E-state index in [-0.39, 0.29) is 40.9 Å². The van der Waals surface area contributed by atoms with Crippen LogP contribution in [0.15, 0.2) is 23.1 Å². The van der Waals surface area contributed by atoms with E-state index in [1.165, 1.54) is 19.1 Å². The van der Waals surface area contributed by atoms with Crippen molar-refractivity contribution < 1.29 is 44.3 Å². The monoisotopic (exact) mass is 219 g/mol. The van der Waals surface area contributed by atoms with Crippen LogP contribution in [0.5, 0.6) is 0 Å². The molecule has 0 spiro atoms. The van der Waals surface area contributed by atoms with Crippen molar-refractivity contribution in [3.05, 3.63) is 29.3 Å².